The van der Waals surface area contributed by atoms with Gasteiger partial charge in [-0.25, -0.2) is 0 Å². The van der Waals surface area contributed by atoms with Crippen molar-refractivity contribution in [2.75, 3.05) is 46.8 Å². The van der Waals surface area contributed by atoms with E-state index in [2.05, 4.69) is 59.1 Å². The van der Waals surface area contributed by atoms with Crippen molar-refractivity contribution in [3.05, 3.63) is 35.9 Å². The first-order valence-corrected chi connectivity index (χ1v) is 7.84. The number of piperidine rings is 1. The van der Waals surface area contributed by atoms with E-state index in [4.69, 9.17) is 0 Å². The number of likely N-dealkylation sites (tertiary alicyclic amines) is 1. The fourth-order valence-corrected chi connectivity index (χ4v) is 3.70. The van der Waals surface area contributed by atoms with Crippen LogP contribution in [0.3, 0.4) is 0 Å². The molecule has 1 spiro atoms. The average Bonchev–Trinajstić information content (AvgIpc) is 2.47. The van der Waals surface area contributed by atoms with E-state index in [1.54, 1.807) is 0 Å². The summed E-state index contributed by atoms with van der Waals surface area (Å²) in [4.78, 5) is 7.75. The molecule has 3 rings (SSSR count). The first-order chi connectivity index (χ1) is 9.68. The van der Waals surface area contributed by atoms with Crippen molar-refractivity contribution in [2.24, 2.45) is 0 Å². The van der Waals surface area contributed by atoms with Crippen molar-refractivity contribution in [1.82, 2.24) is 14.7 Å². The first-order valence-electron chi connectivity index (χ1n) is 7.84. The molecule has 2 aliphatic heterocycles. The van der Waals surface area contributed by atoms with Gasteiger partial charge in [0.15, 0.2) is 0 Å². The van der Waals surface area contributed by atoms with Crippen molar-refractivity contribution in [3.8, 4) is 0 Å². The summed E-state index contributed by atoms with van der Waals surface area (Å²) in [5, 5.41) is 0. The van der Waals surface area contributed by atoms with Crippen LogP contribution in [0.25, 0.3) is 0 Å². The molecule has 0 unspecified atom stereocenters. The molecule has 3 heteroatoms. The largest absolute Gasteiger partial charge is 0.306 e. The number of hydrogen-bond acceptors (Lipinski definition) is 3. The lowest BCUT2D eigenvalue weighted by Gasteiger charge is -2.52. The van der Waals surface area contributed by atoms with Gasteiger partial charge in [0, 0.05) is 31.7 Å². The summed E-state index contributed by atoms with van der Waals surface area (Å²) >= 11 is 0. The molecular formula is C17H27N3. The van der Waals surface area contributed by atoms with Crippen LogP contribution in [0, 0.1) is 0 Å². The van der Waals surface area contributed by atoms with E-state index in [0.717, 1.165) is 6.54 Å². The average molecular weight is 273 g/mol. The SMILES string of the molecule is CN1CCC2(CC1)CN(Cc1ccccc1)CCN2C. The van der Waals surface area contributed by atoms with E-state index in [9.17, 15) is 0 Å². The molecule has 2 aliphatic rings. The van der Waals surface area contributed by atoms with Crippen molar-refractivity contribution in [3.63, 3.8) is 0 Å². The van der Waals surface area contributed by atoms with E-state index in [1.807, 2.05) is 0 Å². The van der Waals surface area contributed by atoms with Crippen molar-refractivity contribution < 1.29 is 0 Å². The van der Waals surface area contributed by atoms with Crippen LogP contribution in [0.4, 0.5) is 0 Å². The molecule has 1 aromatic carbocycles. The maximum Gasteiger partial charge on any atom is 0.0358 e. The molecule has 0 bridgehead atoms. The van der Waals surface area contributed by atoms with Crippen LogP contribution >= 0.6 is 0 Å². The minimum Gasteiger partial charge on any atom is -0.306 e. The molecule has 0 radical (unpaired) electrons. The summed E-state index contributed by atoms with van der Waals surface area (Å²) < 4.78 is 0. The van der Waals surface area contributed by atoms with Crippen LogP contribution in [0.1, 0.15) is 18.4 Å². The van der Waals surface area contributed by atoms with Crippen LogP contribution in [0.2, 0.25) is 0 Å². The van der Waals surface area contributed by atoms with E-state index < -0.39 is 0 Å². The Balaban J connectivity index is 1.67. The Labute approximate surface area is 123 Å². The Morgan fingerprint density at radius 1 is 0.950 bits per heavy atom. The molecule has 3 nitrogen and oxygen atoms in total. The predicted octanol–water partition coefficient (Wildman–Crippen LogP) is 1.90. The maximum atomic E-state index is 2.65. The van der Waals surface area contributed by atoms with Crippen LogP contribution < -0.4 is 0 Å². The molecular weight excluding hydrogens is 246 g/mol. The van der Waals surface area contributed by atoms with Gasteiger partial charge in [-0.1, -0.05) is 30.3 Å². The highest BCUT2D eigenvalue weighted by molar-refractivity contribution is 5.15. The summed E-state index contributed by atoms with van der Waals surface area (Å²) in [5.74, 6) is 0. The summed E-state index contributed by atoms with van der Waals surface area (Å²) in [6.07, 6.45) is 2.62. The van der Waals surface area contributed by atoms with Crippen LogP contribution in [0.15, 0.2) is 30.3 Å². The van der Waals surface area contributed by atoms with Crippen molar-refractivity contribution in [2.45, 2.75) is 24.9 Å². The molecule has 20 heavy (non-hydrogen) atoms. The van der Waals surface area contributed by atoms with Gasteiger partial charge in [0.2, 0.25) is 0 Å². The lowest BCUT2D eigenvalue weighted by Crippen LogP contribution is -2.63. The minimum absolute atomic E-state index is 0.416. The van der Waals surface area contributed by atoms with Gasteiger partial charge in [0.1, 0.15) is 0 Å². The second-order valence-electron chi connectivity index (χ2n) is 6.65. The molecule has 2 heterocycles. The molecule has 2 saturated heterocycles. The standard InChI is InChI=1S/C17H27N3/c1-18-10-8-17(9-11-18)15-20(13-12-19(17)2)14-16-6-4-3-5-7-16/h3-7H,8-15H2,1-2H3. The van der Waals surface area contributed by atoms with E-state index in [0.29, 0.717) is 5.54 Å². The topological polar surface area (TPSA) is 9.72 Å². The van der Waals surface area contributed by atoms with Crippen LogP contribution in [-0.4, -0.2) is 67.1 Å². The first kappa shape index (κ1) is 14.1. The van der Waals surface area contributed by atoms with Gasteiger partial charge < -0.3 is 4.90 Å². The third kappa shape index (κ3) is 2.90. The zero-order valence-corrected chi connectivity index (χ0v) is 12.9. The maximum absolute atomic E-state index is 2.65. The third-order valence-corrected chi connectivity index (χ3v) is 5.25. The monoisotopic (exact) mass is 273 g/mol. The Morgan fingerprint density at radius 2 is 1.65 bits per heavy atom. The lowest BCUT2D eigenvalue weighted by atomic mass is 9.84. The van der Waals surface area contributed by atoms with Crippen LogP contribution in [-0.2, 0) is 6.54 Å². The van der Waals surface area contributed by atoms with Gasteiger partial charge in [-0.2, -0.15) is 0 Å². The van der Waals surface area contributed by atoms with E-state index in [1.165, 1.54) is 51.1 Å². The van der Waals surface area contributed by atoms with Gasteiger partial charge >= 0.3 is 0 Å². The number of rotatable bonds is 2. The number of likely N-dealkylation sites (N-methyl/N-ethyl adjacent to an activating group) is 1. The number of piperazine rings is 1. The summed E-state index contributed by atoms with van der Waals surface area (Å²) in [6, 6.07) is 10.9. The number of benzene rings is 1. The summed E-state index contributed by atoms with van der Waals surface area (Å²) in [5.41, 5.74) is 1.86. The molecule has 1 aromatic rings. The zero-order chi connectivity index (χ0) is 14.0. The Morgan fingerprint density at radius 3 is 2.35 bits per heavy atom. The Bertz CT molecular complexity index is 423. The highest BCUT2D eigenvalue weighted by atomic mass is 15.3. The molecule has 0 N–H and O–H groups in total. The summed E-state index contributed by atoms with van der Waals surface area (Å²) in [6.45, 7) is 7.21. The second kappa shape index (κ2) is 5.84. The van der Waals surface area contributed by atoms with Gasteiger partial charge in [-0.15, -0.1) is 0 Å². The minimum atomic E-state index is 0.416. The van der Waals surface area contributed by atoms with Crippen molar-refractivity contribution in [1.29, 1.82) is 0 Å². The Hall–Kier alpha value is -0.900. The third-order valence-electron chi connectivity index (χ3n) is 5.25. The molecule has 0 saturated carbocycles. The molecule has 2 fully saturated rings. The van der Waals surface area contributed by atoms with E-state index in [-0.39, 0.29) is 0 Å². The van der Waals surface area contributed by atoms with Crippen molar-refractivity contribution >= 4 is 0 Å². The molecule has 0 aliphatic carbocycles. The molecule has 0 aromatic heterocycles. The highest BCUT2D eigenvalue weighted by Crippen LogP contribution is 2.31. The molecule has 110 valence electrons. The Kier molecular flexibility index (Phi) is 4.11. The predicted molar refractivity (Wildman–Crippen MR) is 83.8 cm³/mol. The molecule has 0 amide bonds. The zero-order valence-electron chi connectivity index (χ0n) is 12.9. The quantitative estimate of drug-likeness (QED) is 0.815. The van der Waals surface area contributed by atoms with Gasteiger partial charge in [-0.3, -0.25) is 9.80 Å². The lowest BCUT2D eigenvalue weighted by molar-refractivity contribution is -0.0257. The smallest absolute Gasteiger partial charge is 0.0358 e. The van der Waals surface area contributed by atoms with E-state index >= 15 is 0 Å². The fourth-order valence-electron chi connectivity index (χ4n) is 3.70. The second-order valence-corrected chi connectivity index (χ2v) is 6.65. The number of hydrogen-bond donors (Lipinski definition) is 0. The number of nitrogens with zero attached hydrogens (tertiary/aromatic N) is 3. The summed E-state index contributed by atoms with van der Waals surface area (Å²) in [7, 11) is 4.57. The normalized spacial score (nSPS) is 25.1. The molecule has 0 atom stereocenters. The van der Waals surface area contributed by atoms with Gasteiger partial charge in [0.25, 0.3) is 0 Å². The fraction of sp³-hybridized carbons (Fsp3) is 0.647. The van der Waals surface area contributed by atoms with Crippen LogP contribution in [0.5, 0.6) is 0 Å². The van der Waals surface area contributed by atoms with Gasteiger partial charge in [0.05, 0.1) is 0 Å². The highest BCUT2D eigenvalue weighted by Gasteiger charge is 2.41. The van der Waals surface area contributed by atoms with Gasteiger partial charge in [-0.05, 0) is 45.6 Å².